The number of rotatable bonds is 5. The van der Waals surface area contributed by atoms with Gasteiger partial charge in [-0.3, -0.25) is 0 Å². The molecule has 0 saturated carbocycles. The van der Waals surface area contributed by atoms with Crippen LogP contribution in [0.3, 0.4) is 0 Å². The molecule has 0 spiro atoms. The van der Waals surface area contributed by atoms with Crippen LogP contribution in [0.15, 0.2) is 78.9 Å². The van der Waals surface area contributed by atoms with Gasteiger partial charge in [0.2, 0.25) is 0 Å². The van der Waals surface area contributed by atoms with Crippen LogP contribution in [0.5, 0.6) is 0 Å². The van der Waals surface area contributed by atoms with Crippen LogP contribution < -0.4 is 0 Å². The van der Waals surface area contributed by atoms with Crippen LogP contribution in [0.2, 0.25) is 0 Å². The number of benzene rings is 3. The number of aliphatic hydroxyl groups is 1. The molecule has 4 aromatic rings. The van der Waals surface area contributed by atoms with Crippen LogP contribution in [0.4, 0.5) is 0 Å². The molecule has 0 aliphatic rings. The van der Waals surface area contributed by atoms with Crippen molar-refractivity contribution in [2.75, 3.05) is 5.33 Å². The summed E-state index contributed by atoms with van der Waals surface area (Å²) < 4.78 is 0. The molecule has 3 aromatic carbocycles. The minimum atomic E-state index is -1.34. The largest absolute Gasteiger partial charge is 0.373 e. The van der Waals surface area contributed by atoms with E-state index in [0.717, 1.165) is 33.9 Å². The molecule has 0 bridgehead atoms. The molecule has 1 aromatic heterocycles. The second-order valence-electron chi connectivity index (χ2n) is 6.32. The Bertz CT molecular complexity index is 973. The van der Waals surface area contributed by atoms with E-state index in [9.17, 15) is 5.11 Å². The zero-order chi connectivity index (χ0) is 18.0. The first kappa shape index (κ1) is 17.0. The highest BCUT2D eigenvalue weighted by Crippen LogP contribution is 2.35. The monoisotopic (exact) mass is 406 g/mol. The summed E-state index contributed by atoms with van der Waals surface area (Å²) in [4.78, 5) is 8.08. The molecule has 26 heavy (non-hydrogen) atoms. The van der Waals surface area contributed by atoms with Gasteiger partial charge in [-0.15, -0.1) is 0 Å². The lowest BCUT2D eigenvalue weighted by Crippen LogP contribution is -2.30. The van der Waals surface area contributed by atoms with Gasteiger partial charge in [0, 0.05) is 5.33 Å². The molecule has 0 radical (unpaired) electrons. The Morgan fingerprint density at radius 1 is 0.885 bits per heavy atom. The highest BCUT2D eigenvalue weighted by molar-refractivity contribution is 9.09. The summed E-state index contributed by atoms with van der Waals surface area (Å²) in [5.74, 6) is 0.529. The van der Waals surface area contributed by atoms with E-state index >= 15 is 0 Å². The molecule has 0 saturated heterocycles. The van der Waals surface area contributed by atoms with Crippen molar-refractivity contribution in [1.82, 2.24) is 9.97 Å². The quantitative estimate of drug-likeness (QED) is 0.468. The molecule has 0 unspecified atom stereocenters. The first-order chi connectivity index (χ1) is 12.7. The molecule has 3 nitrogen and oxygen atoms in total. The average molecular weight is 407 g/mol. The number of alkyl halides is 1. The second-order valence-corrected chi connectivity index (χ2v) is 7.11. The number of nitrogens with zero attached hydrogens (tertiary/aromatic N) is 1. The molecule has 0 aliphatic heterocycles. The van der Waals surface area contributed by atoms with Crippen LogP contribution in [-0.2, 0) is 12.0 Å². The van der Waals surface area contributed by atoms with Crippen LogP contribution in [0.25, 0.3) is 11.0 Å². The molecule has 130 valence electrons. The summed E-state index contributed by atoms with van der Waals surface area (Å²) in [6.07, 6.45) is 0.950. The molecular weight excluding hydrogens is 388 g/mol. The van der Waals surface area contributed by atoms with E-state index in [1.165, 1.54) is 5.56 Å². The zero-order valence-corrected chi connectivity index (χ0v) is 15.8. The Morgan fingerprint density at radius 3 is 2.08 bits per heavy atom. The number of fused-ring (bicyclic) bond motifs is 1. The predicted octanol–water partition coefficient (Wildman–Crippen LogP) is 4.78. The number of hydrogen-bond donors (Lipinski definition) is 2. The van der Waals surface area contributed by atoms with Crippen molar-refractivity contribution in [2.24, 2.45) is 0 Å². The van der Waals surface area contributed by atoms with Gasteiger partial charge >= 0.3 is 0 Å². The highest BCUT2D eigenvalue weighted by atomic mass is 79.9. The SMILES string of the molecule is OC(c1ccccc1)(c1ccccc1)c1nc2ccc(CCBr)cc2[nH]1. The molecule has 4 heteroatoms. The van der Waals surface area contributed by atoms with Crippen LogP contribution in [-0.4, -0.2) is 20.4 Å². The summed E-state index contributed by atoms with van der Waals surface area (Å²) in [6, 6.07) is 25.5. The van der Waals surface area contributed by atoms with Crippen molar-refractivity contribution in [3.8, 4) is 0 Å². The molecular formula is C22H19BrN2O. The number of hydrogen-bond acceptors (Lipinski definition) is 2. The fraction of sp³-hybridized carbons (Fsp3) is 0.136. The van der Waals surface area contributed by atoms with Crippen molar-refractivity contribution in [3.05, 3.63) is 101 Å². The van der Waals surface area contributed by atoms with Gasteiger partial charge in [-0.25, -0.2) is 4.98 Å². The van der Waals surface area contributed by atoms with E-state index in [1.807, 2.05) is 66.7 Å². The maximum Gasteiger partial charge on any atom is 0.173 e. The third-order valence-corrected chi connectivity index (χ3v) is 5.05. The fourth-order valence-electron chi connectivity index (χ4n) is 3.29. The van der Waals surface area contributed by atoms with Gasteiger partial charge < -0.3 is 10.1 Å². The topological polar surface area (TPSA) is 48.9 Å². The second kappa shape index (κ2) is 7.06. The highest BCUT2D eigenvalue weighted by Gasteiger charge is 2.36. The minimum absolute atomic E-state index is 0.529. The Balaban J connectivity index is 1.91. The van der Waals surface area contributed by atoms with Crippen molar-refractivity contribution in [1.29, 1.82) is 0 Å². The summed E-state index contributed by atoms with van der Waals surface area (Å²) >= 11 is 3.48. The summed E-state index contributed by atoms with van der Waals surface area (Å²) in [5, 5.41) is 12.7. The maximum atomic E-state index is 11.8. The lowest BCUT2D eigenvalue weighted by Gasteiger charge is -2.27. The van der Waals surface area contributed by atoms with Crippen LogP contribution in [0, 0.1) is 0 Å². The van der Waals surface area contributed by atoms with Crippen molar-refractivity contribution in [3.63, 3.8) is 0 Å². The van der Waals surface area contributed by atoms with Crippen molar-refractivity contribution in [2.45, 2.75) is 12.0 Å². The van der Waals surface area contributed by atoms with Gasteiger partial charge in [-0.1, -0.05) is 82.7 Å². The molecule has 2 N–H and O–H groups in total. The average Bonchev–Trinajstić information content (AvgIpc) is 3.13. The molecule has 0 aliphatic carbocycles. The normalized spacial score (nSPS) is 11.8. The van der Waals surface area contributed by atoms with E-state index < -0.39 is 5.60 Å². The van der Waals surface area contributed by atoms with Gasteiger partial charge in [0.1, 0.15) is 5.82 Å². The molecule has 0 fully saturated rings. The van der Waals surface area contributed by atoms with Crippen LogP contribution >= 0.6 is 15.9 Å². The van der Waals surface area contributed by atoms with E-state index in [-0.39, 0.29) is 0 Å². The number of nitrogens with one attached hydrogen (secondary N) is 1. The summed E-state index contributed by atoms with van der Waals surface area (Å²) in [5.41, 5.74) is 3.24. The molecule has 1 heterocycles. The Morgan fingerprint density at radius 2 is 1.50 bits per heavy atom. The lowest BCUT2D eigenvalue weighted by molar-refractivity contribution is 0.117. The Labute approximate surface area is 160 Å². The number of imidazole rings is 1. The first-order valence-electron chi connectivity index (χ1n) is 8.60. The first-order valence-corrected chi connectivity index (χ1v) is 9.72. The Hall–Kier alpha value is -2.43. The van der Waals surface area contributed by atoms with E-state index in [0.29, 0.717) is 5.82 Å². The van der Waals surface area contributed by atoms with Gasteiger partial charge in [-0.05, 0) is 35.2 Å². The number of aromatic amines is 1. The number of halogens is 1. The molecule has 0 amide bonds. The predicted molar refractivity (Wildman–Crippen MR) is 109 cm³/mol. The van der Waals surface area contributed by atoms with Crippen molar-refractivity contribution < 1.29 is 5.11 Å². The van der Waals surface area contributed by atoms with Gasteiger partial charge in [-0.2, -0.15) is 0 Å². The summed E-state index contributed by atoms with van der Waals surface area (Å²) in [6.45, 7) is 0. The van der Waals surface area contributed by atoms with E-state index in [4.69, 9.17) is 4.98 Å². The van der Waals surface area contributed by atoms with Crippen LogP contribution in [0.1, 0.15) is 22.5 Å². The summed E-state index contributed by atoms with van der Waals surface area (Å²) in [7, 11) is 0. The number of aryl methyl sites for hydroxylation is 1. The molecule has 0 atom stereocenters. The smallest absolute Gasteiger partial charge is 0.173 e. The molecule has 4 rings (SSSR count). The van der Waals surface area contributed by atoms with E-state index in [2.05, 4.69) is 33.0 Å². The minimum Gasteiger partial charge on any atom is -0.373 e. The van der Waals surface area contributed by atoms with Gasteiger partial charge in [0.25, 0.3) is 0 Å². The standard InChI is InChI=1S/C22H19BrN2O/c23-14-13-16-11-12-19-20(15-16)25-21(24-19)22(26,17-7-3-1-4-8-17)18-9-5-2-6-10-18/h1-12,15,26H,13-14H2,(H,24,25). The number of H-pyrrole nitrogens is 1. The Kier molecular flexibility index (Phi) is 4.62. The van der Waals surface area contributed by atoms with Gasteiger partial charge in [0.15, 0.2) is 5.60 Å². The zero-order valence-electron chi connectivity index (χ0n) is 14.2. The van der Waals surface area contributed by atoms with Gasteiger partial charge in [0.05, 0.1) is 11.0 Å². The number of aromatic nitrogens is 2. The van der Waals surface area contributed by atoms with E-state index in [1.54, 1.807) is 0 Å². The lowest BCUT2D eigenvalue weighted by atomic mass is 9.85. The van der Waals surface area contributed by atoms with Crippen molar-refractivity contribution >= 4 is 27.0 Å². The fourth-order valence-corrected chi connectivity index (χ4v) is 3.75. The third kappa shape index (κ3) is 2.96. The maximum absolute atomic E-state index is 11.8. The third-order valence-electron chi connectivity index (χ3n) is 4.66.